The highest BCUT2D eigenvalue weighted by atomic mass is 79.9. The average Bonchev–Trinajstić information content (AvgIpc) is 2.43. The topological polar surface area (TPSA) is 0 Å². The second kappa shape index (κ2) is 7.03. The number of hydrogen-bond acceptors (Lipinski definition) is 0. The van der Waals surface area contributed by atoms with Gasteiger partial charge in [-0.15, -0.1) is 0 Å². The second-order valence-corrected chi connectivity index (χ2v) is 6.08. The molecule has 0 spiro atoms. The molecule has 20 heavy (non-hydrogen) atoms. The van der Waals surface area contributed by atoms with Crippen LogP contribution in [0.15, 0.2) is 42.5 Å². The van der Waals surface area contributed by atoms with Crippen molar-refractivity contribution in [2.24, 2.45) is 0 Å². The van der Waals surface area contributed by atoms with E-state index in [-0.39, 0.29) is 11.7 Å². The third-order valence-electron chi connectivity index (χ3n) is 3.81. The fraction of sp³-hybridized carbons (Fsp3) is 0.333. The third kappa shape index (κ3) is 3.69. The van der Waals surface area contributed by atoms with Crippen molar-refractivity contribution in [1.29, 1.82) is 0 Å². The van der Waals surface area contributed by atoms with E-state index in [2.05, 4.69) is 48.0 Å². The minimum absolute atomic E-state index is 0.157. The summed E-state index contributed by atoms with van der Waals surface area (Å²) in [5, 5.41) is 0.976. The van der Waals surface area contributed by atoms with Crippen molar-refractivity contribution < 1.29 is 4.39 Å². The Morgan fingerprint density at radius 3 is 2.40 bits per heavy atom. The van der Waals surface area contributed by atoms with E-state index >= 15 is 0 Å². The van der Waals surface area contributed by atoms with E-state index in [9.17, 15) is 4.39 Å². The molecule has 0 bridgehead atoms. The predicted molar refractivity (Wildman–Crippen MR) is 87.2 cm³/mol. The normalized spacial score (nSPS) is 12.4. The van der Waals surface area contributed by atoms with E-state index in [1.165, 1.54) is 22.8 Å². The van der Waals surface area contributed by atoms with Crippen LogP contribution in [0.1, 0.15) is 41.0 Å². The zero-order valence-electron chi connectivity index (χ0n) is 12.0. The average molecular weight is 335 g/mol. The van der Waals surface area contributed by atoms with Crippen LogP contribution in [0, 0.1) is 19.7 Å². The largest absolute Gasteiger partial charge is 0.207 e. The standard InChI is InChI=1S/C18H20BrF/c1-13-8-9-16(11-14(13)2)18(7-4-10-19)15-5-3-6-17(20)12-15/h3,5-6,8-9,11-12,18H,4,7,10H2,1-2H3/t18-/m1/s1. The molecule has 2 aromatic carbocycles. The molecular weight excluding hydrogens is 315 g/mol. The molecule has 0 heterocycles. The zero-order valence-corrected chi connectivity index (χ0v) is 13.6. The quantitative estimate of drug-likeness (QED) is 0.610. The molecule has 0 N–H and O–H groups in total. The molecule has 0 aliphatic heterocycles. The Kier molecular flexibility index (Phi) is 5.36. The first-order valence-electron chi connectivity index (χ1n) is 7.00. The van der Waals surface area contributed by atoms with Crippen LogP contribution in [0.25, 0.3) is 0 Å². The van der Waals surface area contributed by atoms with Crippen LogP contribution < -0.4 is 0 Å². The monoisotopic (exact) mass is 334 g/mol. The number of rotatable bonds is 5. The number of aryl methyl sites for hydroxylation is 2. The summed E-state index contributed by atoms with van der Waals surface area (Å²) in [5.74, 6) is 0.109. The lowest BCUT2D eigenvalue weighted by Crippen LogP contribution is -2.03. The summed E-state index contributed by atoms with van der Waals surface area (Å²) in [6.45, 7) is 4.25. The fourth-order valence-corrected chi connectivity index (χ4v) is 2.84. The molecule has 0 amide bonds. The first kappa shape index (κ1) is 15.2. The van der Waals surface area contributed by atoms with Gasteiger partial charge in [-0.3, -0.25) is 0 Å². The predicted octanol–water partition coefficient (Wildman–Crippen LogP) is 5.75. The van der Waals surface area contributed by atoms with Gasteiger partial charge in [0.1, 0.15) is 5.82 Å². The highest BCUT2D eigenvalue weighted by Gasteiger charge is 2.15. The number of halogens is 2. The molecule has 1 atom stereocenters. The van der Waals surface area contributed by atoms with Gasteiger partial charge in [-0.1, -0.05) is 46.3 Å². The lowest BCUT2D eigenvalue weighted by atomic mass is 9.86. The first-order valence-corrected chi connectivity index (χ1v) is 8.12. The first-order chi connectivity index (χ1) is 9.61. The molecule has 0 saturated carbocycles. The van der Waals surface area contributed by atoms with Gasteiger partial charge in [-0.05, 0) is 61.1 Å². The highest BCUT2D eigenvalue weighted by Crippen LogP contribution is 2.31. The lowest BCUT2D eigenvalue weighted by Gasteiger charge is -2.19. The maximum Gasteiger partial charge on any atom is 0.123 e. The van der Waals surface area contributed by atoms with Gasteiger partial charge in [0.05, 0.1) is 0 Å². The summed E-state index contributed by atoms with van der Waals surface area (Å²) in [6, 6.07) is 13.6. The molecule has 0 nitrogen and oxygen atoms in total. The van der Waals surface area contributed by atoms with Crippen LogP contribution >= 0.6 is 15.9 Å². The Balaban J connectivity index is 2.38. The highest BCUT2D eigenvalue weighted by molar-refractivity contribution is 9.09. The summed E-state index contributed by atoms with van der Waals surface area (Å²) >= 11 is 3.49. The van der Waals surface area contributed by atoms with Crippen molar-refractivity contribution in [1.82, 2.24) is 0 Å². The number of benzene rings is 2. The van der Waals surface area contributed by atoms with Crippen molar-refractivity contribution in [3.8, 4) is 0 Å². The van der Waals surface area contributed by atoms with Crippen LogP contribution in [0.5, 0.6) is 0 Å². The van der Waals surface area contributed by atoms with Crippen molar-refractivity contribution in [2.45, 2.75) is 32.6 Å². The molecule has 0 saturated heterocycles. The van der Waals surface area contributed by atoms with Crippen LogP contribution in [0.4, 0.5) is 4.39 Å². The van der Waals surface area contributed by atoms with Crippen molar-refractivity contribution >= 4 is 15.9 Å². The minimum atomic E-state index is -0.157. The maximum atomic E-state index is 13.5. The number of alkyl halides is 1. The van der Waals surface area contributed by atoms with E-state index in [1.807, 2.05) is 6.07 Å². The molecule has 2 aromatic rings. The van der Waals surface area contributed by atoms with Gasteiger partial charge in [0.25, 0.3) is 0 Å². The molecule has 2 heteroatoms. The molecule has 0 aliphatic carbocycles. The lowest BCUT2D eigenvalue weighted by molar-refractivity contribution is 0.619. The Morgan fingerprint density at radius 2 is 1.75 bits per heavy atom. The van der Waals surface area contributed by atoms with Crippen LogP contribution in [0.3, 0.4) is 0 Å². The van der Waals surface area contributed by atoms with Gasteiger partial charge in [-0.2, -0.15) is 0 Å². The van der Waals surface area contributed by atoms with Crippen molar-refractivity contribution in [3.05, 3.63) is 70.5 Å². The molecule has 0 fully saturated rings. The zero-order chi connectivity index (χ0) is 14.5. The van der Waals surface area contributed by atoms with Gasteiger partial charge >= 0.3 is 0 Å². The molecule has 0 unspecified atom stereocenters. The Hall–Kier alpha value is -1.15. The van der Waals surface area contributed by atoms with Crippen LogP contribution in [0.2, 0.25) is 0 Å². The minimum Gasteiger partial charge on any atom is -0.207 e. The van der Waals surface area contributed by atoms with Gasteiger partial charge in [0.2, 0.25) is 0 Å². The Labute approximate surface area is 129 Å². The smallest absolute Gasteiger partial charge is 0.123 e. The molecule has 0 aromatic heterocycles. The van der Waals surface area contributed by atoms with E-state index in [4.69, 9.17) is 0 Å². The van der Waals surface area contributed by atoms with Crippen molar-refractivity contribution in [2.75, 3.05) is 5.33 Å². The van der Waals surface area contributed by atoms with E-state index in [0.29, 0.717) is 0 Å². The summed E-state index contributed by atoms with van der Waals surface area (Å²) in [4.78, 5) is 0. The second-order valence-electron chi connectivity index (χ2n) is 5.28. The fourth-order valence-electron chi connectivity index (χ4n) is 2.51. The van der Waals surface area contributed by atoms with Crippen molar-refractivity contribution in [3.63, 3.8) is 0 Å². The molecule has 106 valence electrons. The van der Waals surface area contributed by atoms with E-state index in [0.717, 1.165) is 23.7 Å². The van der Waals surface area contributed by atoms with Crippen LogP contribution in [-0.2, 0) is 0 Å². The third-order valence-corrected chi connectivity index (χ3v) is 4.37. The van der Waals surface area contributed by atoms with Crippen LogP contribution in [-0.4, -0.2) is 5.33 Å². The van der Waals surface area contributed by atoms with Gasteiger partial charge in [0, 0.05) is 11.2 Å². The van der Waals surface area contributed by atoms with Gasteiger partial charge < -0.3 is 0 Å². The number of hydrogen-bond donors (Lipinski definition) is 0. The van der Waals surface area contributed by atoms with Gasteiger partial charge in [-0.25, -0.2) is 4.39 Å². The van der Waals surface area contributed by atoms with E-state index < -0.39 is 0 Å². The summed E-state index contributed by atoms with van der Waals surface area (Å²) in [5.41, 5.74) is 4.93. The Bertz CT molecular complexity index is 577. The molecule has 0 radical (unpaired) electrons. The maximum absolute atomic E-state index is 13.5. The summed E-state index contributed by atoms with van der Waals surface area (Å²) in [7, 11) is 0. The summed E-state index contributed by atoms with van der Waals surface area (Å²) < 4.78 is 13.5. The molecule has 0 aliphatic rings. The van der Waals surface area contributed by atoms with Gasteiger partial charge in [0.15, 0.2) is 0 Å². The van der Waals surface area contributed by atoms with E-state index in [1.54, 1.807) is 12.1 Å². The Morgan fingerprint density at radius 1 is 1.00 bits per heavy atom. The molecular formula is C18H20BrF. The summed E-state index contributed by atoms with van der Waals surface area (Å²) in [6.07, 6.45) is 2.10. The molecule has 2 rings (SSSR count). The SMILES string of the molecule is Cc1ccc([C@H](CCCBr)c2cccc(F)c2)cc1C.